The number of rotatable bonds is 38. The van der Waals surface area contributed by atoms with Gasteiger partial charge in [-0.3, -0.25) is 23.4 Å². The van der Waals surface area contributed by atoms with Crippen molar-refractivity contribution in [1.29, 1.82) is 0 Å². The first-order valence-corrected chi connectivity index (χ1v) is 21.7. The van der Waals surface area contributed by atoms with Crippen molar-refractivity contribution in [2.24, 2.45) is 5.73 Å². The predicted molar refractivity (Wildman–Crippen MR) is 203 cm³/mol. The standard InChI is InChI=1S/C39H74NO10P/c1-3-5-7-9-11-13-15-17-18-19-21-23-25-27-29-31-38(42)50-35(33-48-51(45,46)49-34-36(40)39(43)44)32-47-37(41)30-28-26-24-22-20-16-14-12-10-8-6-4-2/h13,15,35-36H,3-12,14,16-34,40H2,1-2H3,(H,43,44)(H,45,46)/b15-13+/t35-,36+/m1/s1. The first-order valence-electron chi connectivity index (χ1n) is 20.2. The fraction of sp³-hybridized carbons (Fsp3) is 0.872. The molecule has 0 aliphatic rings. The molecular weight excluding hydrogens is 673 g/mol. The Labute approximate surface area is 309 Å². The van der Waals surface area contributed by atoms with Gasteiger partial charge in [0.25, 0.3) is 0 Å². The second-order valence-corrected chi connectivity index (χ2v) is 15.2. The van der Waals surface area contributed by atoms with Crippen molar-refractivity contribution in [3.05, 3.63) is 12.2 Å². The Bertz CT molecular complexity index is 932. The topological polar surface area (TPSA) is 172 Å². The molecule has 0 aromatic heterocycles. The van der Waals surface area contributed by atoms with Crippen LogP contribution < -0.4 is 5.73 Å². The Balaban J connectivity index is 4.40. The first-order chi connectivity index (χ1) is 24.6. The second kappa shape index (κ2) is 35.3. The van der Waals surface area contributed by atoms with Crippen LogP contribution in [0.2, 0.25) is 0 Å². The lowest BCUT2D eigenvalue weighted by molar-refractivity contribution is -0.161. The Hall–Kier alpha value is -1.78. The number of phosphoric acid groups is 1. The number of allylic oxidation sites excluding steroid dienone is 2. The van der Waals surface area contributed by atoms with E-state index in [0.717, 1.165) is 44.9 Å². The molecule has 51 heavy (non-hydrogen) atoms. The number of aliphatic carboxylic acids is 1. The van der Waals surface area contributed by atoms with E-state index in [2.05, 4.69) is 30.5 Å². The molecule has 0 fully saturated rings. The van der Waals surface area contributed by atoms with Crippen LogP contribution in [0, 0.1) is 0 Å². The van der Waals surface area contributed by atoms with Gasteiger partial charge in [-0.15, -0.1) is 0 Å². The molecule has 0 rings (SSSR count). The molecule has 0 saturated heterocycles. The minimum absolute atomic E-state index is 0.160. The number of hydrogen-bond donors (Lipinski definition) is 3. The highest BCUT2D eigenvalue weighted by atomic mass is 31.2. The van der Waals surface area contributed by atoms with E-state index in [1.807, 2.05) is 0 Å². The maximum Gasteiger partial charge on any atom is 0.472 e. The number of carboxylic acids is 1. The zero-order chi connectivity index (χ0) is 37.8. The number of phosphoric ester groups is 1. The normalized spacial score (nSPS) is 14.0. The lowest BCUT2D eigenvalue weighted by Crippen LogP contribution is -2.34. The van der Waals surface area contributed by atoms with Crippen LogP contribution in [0.15, 0.2) is 12.2 Å². The average Bonchev–Trinajstić information content (AvgIpc) is 3.10. The Morgan fingerprint density at radius 3 is 1.45 bits per heavy atom. The third-order valence-corrected chi connectivity index (χ3v) is 9.71. The summed E-state index contributed by atoms with van der Waals surface area (Å²) in [5.74, 6) is -2.38. The van der Waals surface area contributed by atoms with Crippen molar-refractivity contribution >= 4 is 25.7 Å². The number of nitrogens with two attached hydrogens (primary N) is 1. The largest absolute Gasteiger partial charge is 0.480 e. The molecule has 0 aliphatic heterocycles. The average molecular weight is 748 g/mol. The summed E-state index contributed by atoms with van der Waals surface area (Å²) >= 11 is 0. The van der Waals surface area contributed by atoms with Crippen LogP contribution in [0.25, 0.3) is 0 Å². The van der Waals surface area contributed by atoms with Gasteiger partial charge in [0, 0.05) is 12.8 Å². The van der Waals surface area contributed by atoms with E-state index in [1.165, 1.54) is 103 Å². The molecule has 4 N–H and O–H groups in total. The zero-order valence-electron chi connectivity index (χ0n) is 32.2. The molecule has 0 aromatic rings. The number of carbonyl (C=O) groups excluding carboxylic acids is 2. The maximum absolute atomic E-state index is 12.6. The third-order valence-electron chi connectivity index (χ3n) is 8.76. The molecule has 0 bridgehead atoms. The van der Waals surface area contributed by atoms with E-state index in [-0.39, 0.29) is 19.4 Å². The SMILES string of the molecule is CCCCCC/C=C/CCCCCCCCCC(=O)O[C@H](COC(=O)CCCCCCCCCCCCCC)COP(=O)(O)OC[C@H](N)C(=O)O. The van der Waals surface area contributed by atoms with Crippen molar-refractivity contribution in [2.45, 2.75) is 199 Å². The Morgan fingerprint density at radius 1 is 0.588 bits per heavy atom. The molecule has 1 unspecified atom stereocenters. The van der Waals surface area contributed by atoms with Crippen LogP contribution in [-0.4, -0.2) is 59.9 Å². The molecule has 0 aliphatic carbocycles. The summed E-state index contributed by atoms with van der Waals surface area (Å²) in [6.07, 6.45) is 32.7. The van der Waals surface area contributed by atoms with Crippen molar-refractivity contribution < 1.29 is 47.5 Å². The molecular formula is C39H74NO10P. The van der Waals surface area contributed by atoms with Crippen LogP contribution in [0.1, 0.15) is 187 Å². The van der Waals surface area contributed by atoms with E-state index in [4.69, 9.17) is 24.8 Å². The minimum Gasteiger partial charge on any atom is -0.480 e. The summed E-state index contributed by atoms with van der Waals surface area (Å²) in [4.78, 5) is 45.8. The van der Waals surface area contributed by atoms with Crippen LogP contribution in [0.3, 0.4) is 0 Å². The van der Waals surface area contributed by atoms with Gasteiger partial charge in [0.1, 0.15) is 12.6 Å². The smallest absolute Gasteiger partial charge is 0.472 e. The zero-order valence-corrected chi connectivity index (χ0v) is 33.1. The number of carbonyl (C=O) groups is 3. The van der Waals surface area contributed by atoms with Crippen LogP contribution in [0.5, 0.6) is 0 Å². The summed E-state index contributed by atoms with van der Waals surface area (Å²) in [6, 6.07) is -1.52. The Kier molecular flexibility index (Phi) is 34.0. The number of esters is 2. The van der Waals surface area contributed by atoms with Crippen molar-refractivity contribution in [1.82, 2.24) is 0 Å². The molecule has 0 heterocycles. The van der Waals surface area contributed by atoms with E-state index in [9.17, 15) is 23.8 Å². The molecule has 3 atom stereocenters. The summed E-state index contributed by atoms with van der Waals surface area (Å²) in [5.41, 5.74) is 5.32. The highest BCUT2D eigenvalue weighted by Crippen LogP contribution is 2.43. The first kappa shape index (κ1) is 49.2. The predicted octanol–water partition coefficient (Wildman–Crippen LogP) is 10.1. The fourth-order valence-corrected chi connectivity index (χ4v) is 6.31. The van der Waals surface area contributed by atoms with E-state index in [0.29, 0.717) is 12.8 Å². The number of unbranched alkanes of at least 4 members (excludes halogenated alkanes) is 22. The van der Waals surface area contributed by atoms with Gasteiger partial charge in [-0.25, -0.2) is 4.57 Å². The quantitative estimate of drug-likeness (QED) is 0.0237. The summed E-state index contributed by atoms with van der Waals surface area (Å²) in [7, 11) is -4.71. The lowest BCUT2D eigenvalue weighted by Gasteiger charge is -2.20. The highest BCUT2D eigenvalue weighted by molar-refractivity contribution is 7.47. The highest BCUT2D eigenvalue weighted by Gasteiger charge is 2.28. The molecule has 0 saturated carbocycles. The minimum atomic E-state index is -4.71. The maximum atomic E-state index is 12.6. The van der Waals surface area contributed by atoms with Gasteiger partial charge in [0.2, 0.25) is 0 Å². The number of carboxylic acid groups (broad SMARTS) is 1. The van der Waals surface area contributed by atoms with E-state index < -0.39 is 51.1 Å². The van der Waals surface area contributed by atoms with Crippen molar-refractivity contribution in [2.75, 3.05) is 19.8 Å². The van der Waals surface area contributed by atoms with Crippen molar-refractivity contribution in [3.8, 4) is 0 Å². The second-order valence-electron chi connectivity index (χ2n) is 13.8. The third kappa shape index (κ3) is 35.0. The van der Waals surface area contributed by atoms with Gasteiger partial charge >= 0.3 is 25.7 Å². The van der Waals surface area contributed by atoms with E-state index >= 15 is 0 Å². The van der Waals surface area contributed by atoms with Crippen LogP contribution >= 0.6 is 7.82 Å². The Morgan fingerprint density at radius 2 is 0.980 bits per heavy atom. The fourth-order valence-electron chi connectivity index (χ4n) is 5.53. The van der Waals surface area contributed by atoms with Gasteiger partial charge in [-0.05, 0) is 38.5 Å². The molecule has 0 aromatic carbocycles. The molecule has 12 heteroatoms. The molecule has 300 valence electrons. The molecule has 0 amide bonds. The lowest BCUT2D eigenvalue weighted by atomic mass is 10.0. The van der Waals surface area contributed by atoms with Gasteiger partial charge in [-0.1, -0.05) is 148 Å². The monoisotopic (exact) mass is 748 g/mol. The van der Waals surface area contributed by atoms with Gasteiger partial charge in [0.15, 0.2) is 6.10 Å². The van der Waals surface area contributed by atoms with Crippen LogP contribution in [0.4, 0.5) is 0 Å². The summed E-state index contributed by atoms with van der Waals surface area (Å²) in [6.45, 7) is 2.78. The summed E-state index contributed by atoms with van der Waals surface area (Å²) in [5, 5.41) is 8.86. The van der Waals surface area contributed by atoms with Crippen LogP contribution in [-0.2, 0) is 37.5 Å². The van der Waals surface area contributed by atoms with Gasteiger partial charge in [-0.2, -0.15) is 0 Å². The van der Waals surface area contributed by atoms with E-state index in [1.54, 1.807) is 0 Å². The van der Waals surface area contributed by atoms with Crippen molar-refractivity contribution in [3.63, 3.8) is 0 Å². The molecule has 0 radical (unpaired) electrons. The molecule has 11 nitrogen and oxygen atoms in total. The number of hydrogen-bond acceptors (Lipinski definition) is 9. The number of ether oxygens (including phenoxy) is 2. The summed E-state index contributed by atoms with van der Waals surface area (Å²) < 4.78 is 32.6. The molecule has 0 spiro atoms. The van der Waals surface area contributed by atoms with Gasteiger partial charge < -0.3 is 25.2 Å². The van der Waals surface area contributed by atoms with Gasteiger partial charge in [0.05, 0.1) is 13.2 Å².